The average Bonchev–Trinajstić information content (AvgIpc) is 2.48. The van der Waals surface area contributed by atoms with E-state index in [1.807, 2.05) is 32.0 Å². The van der Waals surface area contributed by atoms with Crippen LogP contribution in [-0.4, -0.2) is 24.9 Å². The van der Waals surface area contributed by atoms with Crippen LogP contribution in [0.5, 0.6) is 0 Å². The van der Waals surface area contributed by atoms with Gasteiger partial charge in [0.05, 0.1) is 6.54 Å². The van der Waals surface area contributed by atoms with Gasteiger partial charge in [-0.3, -0.25) is 9.59 Å². The molecule has 0 aliphatic rings. The quantitative estimate of drug-likeness (QED) is 0.645. The third kappa shape index (κ3) is 6.29. The smallest absolute Gasteiger partial charge is 0.239 e. The standard InChI is InChI=1S/C16H25N3O2/c1-4-6-9-17-16(21)11-18-13-8-7-12(3)14(10-13)19-15(20)5-2/h7-8,10,18H,4-6,9,11H2,1-3H3,(H,17,21)(H,19,20). The van der Waals surface area contributed by atoms with Crippen LogP contribution in [-0.2, 0) is 9.59 Å². The van der Waals surface area contributed by atoms with Crippen LogP contribution in [0.3, 0.4) is 0 Å². The summed E-state index contributed by atoms with van der Waals surface area (Å²) < 4.78 is 0. The number of amides is 2. The van der Waals surface area contributed by atoms with Crippen molar-refractivity contribution in [3.63, 3.8) is 0 Å². The molecule has 21 heavy (non-hydrogen) atoms. The summed E-state index contributed by atoms with van der Waals surface area (Å²) in [4.78, 5) is 23.1. The Morgan fingerprint density at radius 1 is 1.14 bits per heavy atom. The largest absolute Gasteiger partial charge is 0.376 e. The van der Waals surface area contributed by atoms with E-state index in [9.17, 15) is 9.59 Å². The van der Waals surface area contributed by atoms with E-state index in [4.69, 9.17) is 0 Å². The molecule has 2 amide bonds. The van der Waals surface area contributed by atoms with Crippen molar-refractivity contribution in [2.75, 3.05) is 23.7 Å². The second-order valence-corrected chi connectivity index (χ2v) is 4.99. The highest BCUT2D eigenvalue weighted by atomic mass is 16.2. The van der Waals surface area contributed by atoms with Gasteiger partial charge in [-0.05, 0) is 31.0 Å². The summed E-state index contributed by atoms with van der Waals surface area (Å²) in [6.45, 7) is 6.78. The highest BCUT2D eigenvalue weighted by molar-refractivity contribution is 5.92. The number of unbranched alkanes of at least 4 members (excludes halogenated alkanes) is 1. The Morgan fingerprint density at radius 3 is 2.57 bits per heavy atom. The van der Waals surface area contributed by atoms with Crippen molar-refractivity contribution in [1.29, 1.82) is 0 Å². The maximum absolute atomic E-state index is 11.6. The van der Waals surface area contributed by atoms with Gasteiger partial charge in [0.2, 0.25) is 11.8 Å². The van der Waals surface area contributed by atoms with Crippen LogP contribution >= 0.6 is 0 Å². The van der Waals surface area contributed by atoms with Crippen molar-refractivity contribution < 1.29 is 9.59 Å². The van der Waals surface area contributed by atoms with Crippen LogP contribution in [0.15, 0.2) is 18.2 Å². The van der Waals surface area contributed by atoms with Crippen molar-refractivity contribution in [2.24, 2.45) is 0 Å². The van der Waals surface area contributed by atoms with Crippen LogP contribution in [0.25, 0.3) is 0 Å². The molecule has 116 valence electrons. The molecule has 0 bridgehead atoms. The molecule has 0 unspecified atom stereocenters. The van der Waals surface area contributed by atoms with Crippen LogP contribution in [0.2, 0.25) is 0 Å². The molecule has 0 aromatic heterocycles. The van der Waals surface area contributed by atoms with E-state index in [2.05, 4.69) is 22.9 Å². The Balaban J connectivity index is 2.54. The van der Waals surface area contributed by atoms with E-state index in [0.717, 1.165) is 29.8 Å². The van der Waals surface area contributed by atoms with E-state index in [-0.39, 0.29) is 18.4 Å². The van der Waals surface area contributed by atoms with Crippen molar-refractivity contribution in [3.05, 3.63) is 23.8 Å². The van der Waals surface area contributed by atoms with E-state index in [1.54, 1.807) is 0 Å². The molecule has 0 heterocycles. The molecule has 1 aromatic rings. The third-order valence-corrected chi connectivity index (χ3v) is 3.14. The highest BCUT2D eigenvalue weighted by Crippen LogP contribution is 2.20. The minimum absolute atomic E-state index is 0.0208. The minimum atomic E-state index is -0.0248. The molecule has 0 saturated heterocycles. The zero-order valence-corrected chi connectivity index (χ0v) is 13.1. The first-order chi connectivity index (χ1) is 10.1. The molecule has 0 fully saturated rings. The molecule has 3 N–H and O–H groups in total. The number of rotatable bonds is 8. The molecule has 5 nitrogen and oxygen atoms in total. The zero-order chi connectivity index (χ0) is 15.7. The Hall–Kier alpha value is -2.04. The molecule has 5 heteroatoms. The molecular weight excluding hydrogens is 266 g/mol. The van der Waals surface area contributed by atoms with Crippen molar-refractivity contribution >= 4 is 23.2 Å². The highest BCUT2D eigenvalue weighted by Gasteiger charge is 2.05. The molecular formula is C16H25N3O2. The summed E-state index contributed by atoms with van der Waals surface area (Å²) in [5.74, 6) is -0.0456. The lowest BCUT2D eigenvalue weighted by Crippen LogP contribution is -2.30. The number of carbonyl (C=O) groups is 2. The fourth-order valence-corrected chi connectivity index (χ4v) is 1.75. The Bertz CT molecular complexity index is 486. The molecule has 0 radical (unpaired) electrons. The lowest BCUT2D eigenvalue weighted by molar-refractivity contribution is -0.119. The Labute approximate surface area is 126 Å². The number of hydrogen-bond acceptors (Lipinski definition) is 3. The van der Waals surface area contributed by atoms with Crippen LogP contribution in [0, 0.1) is 6.92 Å². The van der Waals surface area contributed by atoms with Crippen LogP contribution < -0.4 is 16.0 Å². The summed E-state index contributed by atoms with van der Waals surface area (Å²) >= 11 is 0. The minimum Gasteiger partial charge on any atom is -0.376 e. The van der Waals surface area contributed by atoms with Gasteiger partial charge in [0.15, 0.2) is 0 Å². The van der Waals surface area contributed by atoms with Crippen LogP contribution in [0.1, 0.15) is 38.7 Å². The molecule has 0 spiro atoms. The van der Waals surface area contributed by atoms with Crippen molar-refractivity contribution in [1.82, 2.24) is 5.32 Å². The first kappa shape index (κ1) is 17.0. The normalized spacial score (nSPS) is 10.0. The van der Waals surface area contributed by atoms with Gasteiger partial charge in [-0.2, -0.15) is 0 Å². The summed E-state index contributed by atoms with van der Waals surface area (Å²) in [5, 5.41) is 8.77. The fraction of sp³-hybridized carbons (Fsp3) is 0.500. The van der Waals surface area contributed by atoms with E-state index in [1.165, 1.54) is 0 Å². The van der Waals surface area contributed by atoms with E-state index < -0.39 is 0 Å². The van der Waals surface area contributed by atoms with Gasteiger partial charge in [0.25, 0.3) is 0 Å². The lowest BCUT2D eigenvalue weighted by atomic mass is 10.1. The number of carbonyl (C=O) groups excluding carboxylic acids is 2. The SMILES string of the molecule is CCCCNC(=O)CNc1ccc(C)c(NC(=O)CC)c1. The van der Waals surface area contributed by atoms with E-state index >= 15 is 0 Å². The average molecular weight is 291 g/mol. The maximum Gasteiger partial charge on any atom is 0.239 e. The second kappa shape index (κ2) is 9.00. The lowest BCUT2D eigenvalue weighted by Gasteiger charge is -2.12. The summed E-state index contributed by atoms with van der Waals surface area (Å²) in [6.07, 6.45) is 2.49. The topological polar surface area (TPSA) is 70.2 Å². The van der Waals surface area contributed by atoms with Gasteiger partial charge in [-0.1, -0.05) is 26.3 Å². The third-order valence-electron chi connectivity index (χ3n) is 3.14. The van der Waals surface area contributed by atoms with Crippen LogP contribution in [0.4, 0.5) is 11.4 Å². The predicted molar refractivity (Wildman–Crippen MR) is 86.5 cm³/mol. The van der Waals surface area contributed by atoms with Gasteiger partial charge in [-0.25, -0.2) is 0 Å². The molecule has 1 rings (SSSR count). The van der Waals surface area contributed by atoms with Crippen molar-refractivity contribution in [3.8, 4) is 0 Å². The maximum atomic E-state index is 11.6. The fourth-order valence-electron chi connectivity index (χ4n) is 1.75. The summed E-state index contributed by atoms with van der Waals surface area (Å²) in [6, 6.07) is 5.67. The van der Waals surface area contributed by atoms with E-state index in [0.29, 0.717) is 13.0 Å². The first-order valence-electron chi connectivity index (χ1n) is 7.47. The summed E-state index contributed by atoms with van der Waals surface area (Å²) in [7, 11) is 0. The number of anilines is 2. The first-order valence-corrected chi connectivity index (χ1v) is 7.47. The Morgan fingerprint density at radius 2 is 1.90 bits per heavy atom. The molecule has 0 aliphatic carbocycles. The van der Waals surface area contributed by atoms with Gasteiger partial charge < -0.3 is 16.0 Å². The second-order valence-electron chi connectivity index (χ2n) is 4.99. The van der Waals surface area contributed by atoms with Gasteiger partial charge in [0, 0.05) is 24.3 Å². The zero-order valence-electron chi connectivity index (χ0n) is 13.1. The van der Waals surface area contributed by atoms with Crippen molar-refractivity contribution in [2.45, 2.75) is 40.0 Å². The Kier molecular flexibility index (Phi) is 7.29. The molecule has 0 atom stereocenters. The van der Waals surface area contributed by atoms with Gasteiger partial charge in [0.1, 0.15) is 0 Å². The number of aryl methyl sites for hydroxylation is 1. The summed E-state index contributed by atoms with van der Waals surface area (Å²) in [5.41, 5.74) is 2.59. The molecule has 1 aromatic carbocycles. The monoisotopic (exact) mass is 291 g/mol. The van der Waals surface area contributed by atoms with Gasteiger partial charge in [-0.15, -0.1) is 0 Å². The predicted octanol–water partition coefficient (Wildman–Crippen LogP) is 2.67. The number of benzene rings is 1. The number of hydrogen-bond donors (Lipinski definition) is 3. The molecule has 0 saturated carbocycles. The molecule has 0 aliphatic heterocycles. The number of nitrogens with one attached hydrogen (secondary N) is 3. The van der Waals surface area contributed by atoms with Gasteiger partial charge >= 0.3 is 0 Å².